The molecule has 150 valence electrons. The summed E-state index contributed by atoms with van der Waals surface area (Å²) in [5.41, 5.74) is 2.68. The Morgan fingerprint density at radius 3 is 2.64 bits per heavy atom. The van der Waals surface area contributed by atoms with Crippen LogP contribution in [0.4, 0.5) is 26.4 Å². The average molecular weight is 392 g/mol. The Morgan fingerprint density at radius 1 is 1.18 bits per heavy atom. The van der Waals surface area contributed by atoms with Gasteiger partial charge in [-0.25, -0.2) is 14.9 Å². The lowest BCUT2D eigenvalue weighted by Crippen LogP contribution is -2.24. The highest BCUT2D eigenvalue weighted by Gasteiger charge is 2.25. The number of aromatic nitrogens is 4. The molecule has 0 aliphatic heterocycles. The van der Waals surface area contributed by atoms with Crippen molar-refractivity contribution in [1.29, 1.82) is 0 Å². The van der Waals surface area contributed by atoms with Crippen molar-refractivity contribution < 1.29 is 18.7 Å². The number of pyridine rings is 1. The molecule has 8 nitrogen and oxygen atoms in total. The Kier molecular flexibility index (Phi) is 5.80. The summed E-state index contributed by atoms with van der Waals surface area (Å²) in [6, 6.07) is 2.71. The predicted molar refractivity (Wildman–Crippen MR) is 99.7 cm³/mol. The molecule has 0 saturated heterocycles. The SMILES string of the molecule is CC(C)(C)ONc1nc(Nc2ccnc(F)c2)nc(C2=C(F)C(O)CCC2)n1. The van der Waals surface area contributed by atoms with E-state index in [-0.39, 0.29) is 23.3 Å². The minimum Gasteiger partial charge on any atom is -0.386 e. The molecule has 2 aromatic rings. The predicted octanol–water partition coefficient (Wildman–Crippen LogP) is 3.52. The largest absolute Gasteiger partial charge is 0.386 e. The summed E-state index contributed by atoms with van der Waals surface area (Å²) in [5, 5.41) is 12.7. The third-order valence-corrected chi connectivity index (χ3v) is 3.82. The molecule has 0 bridgehead atoms. The average Bonchev–Trinajstić information content (AvgIpc) is 2.61. The Bertz CT molecular complexity index is 885. The summed E-state index contributed by atoms with van der Waals surface area (Å²) < 4.78 is 27.8. The Balaban J connectivity index is 1.97. The first-order valence-electron chi connectivity index (χ1n) is 8.87. The van der Waals surface area contributed by atoms with Gasteiger partial charge in [-0.05, 0) is 46.1 Å². The van der Waals surface area contributed by atoms with E-state index < -0.39 is 23.5 Å². The molecule has 0 radical (unpaired) electrons. The molecule has 28 heavy (non-hydrogen) atoms. The summed E-state index contributed by atoms with van der Waals surface area (Å²) in [6.07, 6.45) is 1.46. The fourth-order valence-corrected chi connectivity index (χ4v) is 2.56. The number of aliphatic hydroxyl groups is 1. The highest BCUT2D eigenvalue weighted by Crippen LogP contribution is 2.32. The third kappa shape index (κ3) is 5.17. The van der Waals surface area contributed by atoms with Crippen LogP contribution in [0.5, 0.6) is 0 Å². The van der Waals surface area contributed by atoms with Crippen molar-refractivity contribution in [3.63, 3.8) is 0 Å². The highest BCUT2D eigenvalue weighted by atomic mass is 19.1. The Labute approximate surface area is 161 Å². The topological polar surface area (TPSA) is 105 Å². The molecule has 3 rings (SSSR count). The molecule has 1 unspecified atom stereocenters. The first-order chi connectivity index (χ1) is 13.2. The molecule has 0 spiro atoms. The summed E-state index contributed by atoms with van der Waals surface area (Å²) in [5.74, 6) is -1.13. The van der Waals surface area contributed by atoms with Crippen molar-refractivity contribution >= 4 is 23.2 Å². The number of hydrogen-bond acceptors (Lipinski definition) is 8. The summed E-state index contributed by atoms with van der Waals surface area (Å²) in [4.78, 5) is 21.6. The van der Waals surface area contributed by atoms with Crippen molar-refractivity contribution in [1.82, 2.24) is 19.9 Å². The number of hydrogen-bond donors (Lipinski definition) is 3. The van der Waals surface area contributed by atoms with Gasteiger partial charge in [0.15, 0.2) is 5.82 Å². The van der Waals surface area contributed by atoms with Crippen molar-refractivity contribution in [3.05, 3.63) is 35.9 Å². The standard InChI is InChI=1S/C18H22F2N6O2/c1-18(2,3)28-26-17-24-15(11-5-4-6-12(27)14(11)20)23-16(25-17)22-10-7-8-21-13(19)9-10/h7-9,12,27H,4-6H2,1-3H3,(H2,21,22,23,24,25,26). The third-order valence-electron chi connectivity index (χ3n) is 3.82. The van der Waals surface area contributed by atoms with Gasteiger partial charge >= 0.3 is 0 Å². The Hall–Kier alpha value is -2.72. The van der Waals surface area contributed by atoms with E-state index in [4.69, 9.17) is 4.84 Å². The fourth-order valence-electron chi connectivity index (χ4n) is 2.56. The second-order valence-corrected chi connectivity index (χ2v) is 7.35. The number of allylic oxidation sites excluding steroid dienone is 1. The van der Waals surface area contributed by atoms with E-state index in [1.165, 1.54) is 18.3 Å². The monoisotopic (exact) mass is 392 g/mol. The van der Waals surface area contributed by atoms with E-state index in [1.54, 1.807) is 0 Å². The van der Waals surface area contributed by atoms with Gasteiger partial charge in [0, 0.05) is 23.5 Å². The molecule has 1 aliphatic carbocycles. The van der Waals surface area contributed by atoms with Crippen LogP contribution >= 0.6 is 0 Å². The molecule has 1 aliphatic rings. The van der Waals surface area contributed by atoms with Crippen LogP contribution in [0.15, 0.2) is 24.2 Å². The second kappa shape index (κ2) is 8.11. The molecule has 0 aromatic carbocycles. The van der Waals surface area contributed by atoms with E-state index in [0.717, 1.165) is 0 Å². The van der Waals surface area contributed by atoms with Gasteiger partial charge in [0.1, 0.15) is 11.9 Å². The quantitative estimate of drug-likeness (QED) is 0.524. The summed E-state index contributed by atoms with van der Waals surface area (Å²) >= 11 is 0. The zero-order valence-electron chi connectivity index (χ0n) is 15.8. The Morgan fingerprint density at radius 2 is 1.93 bits per heavy atom. The number of anilines is 3. The van der Waals surface area contributed by atoms with Gasteiger partial charge in [0.25, 0.3) is 5.95 Å². The molecule has 0 saturated carbocycles. The first-order valence-corrected chi connectivity index (χ1v) is 8.87. The molecule has 0 amide bonds. The number of rotatable bonds is 5. The number of aliphatic hydroxyl groups excluding tert-OH is 1. The highest BCUT2D eigenvalue weighted by molar-refractivity contribution is 5.66. The lowest BCUT2D eigenvalue weighted by atomic mass is 9.96. The van der Waals surface area contributed by atoms with Crippen LogP contribution in [0.25, 0.3) is 5.57 Å². The van der Waals surface area contributed by atoms with E-state index >= 15 is 0 Å². The lowest BCUT2D eigenvalue weighted by molar-refractivity contribution is 0.0358. The summed E-state index contributed by atoms with van der Waals surface area (Å²) in [7, 11) is 0. The van der Waals surface area contributed by atoms with Crippen LogP contribution in [0, 0.1) is 5.95 Å². The number of nitrogens with zero attached hydrogens (tertiary/aromatic N) is 4. The molecule has 2 heterocycles. The van der Waals surface area contributed by atoms with Gasteiger partial charge in [0.05, 0.1) is 5.60 Å². The van der Waals surface area contributed by atoms with Gasteiger partial charge < -0.3 is 10.4 Å². The van der Waals surface area contributed by atoms with Crippen LogP contribution in [0.3, 0.4) is 0 Å². The molecular formula is C18H22F2N6O2. The van der Waals surface area contributed by atoms with Crippen LogP contribution in [0.1, 0.15) is 45.9 Å². The van der Waals surface area contributed by atoms with Crippen LogP contribution in [-0.4, -0.2) is 36.7 Å². The van der Waals surface area contributed by atoms with E-state index in [1.807, 2.05) is 20.8 Å². The van der Waals surface area contributed by atoms with Gasteiger partial charge in [0.2, 0.25) is 11.9 Å². The summed E-state index contributed by atoms with van der Waals surface area (Å²) in [6.45, 7) is 5.50. The smallest absolute Gasteiger partial charge is 0.252 e. The van der Waals surface area contributed by atoms with E-state index in [0.29, 0.717) is 24.9 Å². The molecule has 1 atom stereocenters. The van der Waals surface area contributed by atoms with Gasteiger partial charge in [-0.2, -0.15) is 19.3 Å². The molecule has 0 fully saturated rings. The van der Waals surface area contributed by atoms with Crippen LogP contribution in [-0.2, 0) is 4.84 Å². The van der Waals surface area contributed by atoms with Gasteiger partial charge in [-0.3, -0.25) is 4.84 Å². The van der Waals surface area contributed by atoms with Crippen molar-refractivity contribution in [2.45, 2.75) is 51.7 Å². The van der Waals surface area contributed by atoms with Crippen molar-refractivity contribution in [2.24, 2.45) is 0 Å². The zero-order valence-corrected chi connectivity index (χ0v) is 15.8. The molecule has 3 N–H and O–H groups in total. The molecular weight excluding hydrogens is 370 g/mol. The fraction of sp³-hybridized carbons (Fsp3) is 0.444. The van der Waals surface area contributed by atoms with Gasteiger partial charge in [-0.1, -0.05) is 0 Å². The minimum atomic E-state index is -1.17. The zero-order chi connectivity index (χ0) is 20.3. The maximum absolute atomic E-state index is 14.4. The van der Waals surface area contributed by atoms with E-state index in [2.05, 4.69) is 30.7 Å². The second-order valence-electron chi connectivity index (χ2n) is 7.35. The van der Waals surface area contributed by atoms with Crippen LogP contribution in [0.2, 0.25) is 0 Å². The van der Waals surface area contributed by atoms with Crippen molar-refractivity contribution in [2.75, 3.05) is 10.8 Å². The first kappa shape index (κ1) is 20.0. The molecule has 2 aromatic heterocycles. The maximum atomic E-state index is 14.4. The number of nitrogens with one attached hydrogen (secondary N) is 2. The number of halogens is 2. The van der Waals surface area contributed by atoms with Crippen molar-refractivity contribution in [3.8, 4) is 0 Å². The normalized spacial score (nSPS) is 17.6. The minimum absolute atomic E-state index is 0.0531. The molecule has 10 heteroatoms. The van der Waals surface area contributed by atoms with Crippen LogP contribution < -0.4 is 10.8 Å². The lowest BCUT2D eigenvalue weighted by Gasteiger charge is -2.21. The van der Waals surface area contributed by atoms with Gasteiger partial charge in [-0.15, -0.1) is 0 Å². The van der Waals surface area contributed by atoms with E-state index in [9.17, 15) is 13.9 Å². The maximum Gasteiger partial charge on any atom is 0.252 e.